The highest BCUT2D eigenvalue weighted by atomic mass is 32.1. The first-order chi connectivity index (χ1) is 20.0. The standard InChI is InChI=1S/C29H33FN8O3S/c1-7-21-26(35(6)27-33-24(25(31-5)42-27)18-8-10-19(30)11-9-18)38-22(32-21)12-13-23(34-38)36-14-15-37(20(16-36)17-39)28(40)41-29(2,3)4/h8-13,20,39H,7,14-17H2,1-4,6H3/t20-/m0/s1. The molecule has 1 aliphatic heterocycles. The molecule has 11 nitrogen and oxygen atoms in total. The summed E-state index contributed by atoms with van der Waals surface area (Å²) in [4.78, 5) is 31.4. The van der Waals surface area contributed by atoms with E-state index >= 15 is 0 Å². The van der Waals surface area contributed by atoms with Gasteiger partial charge in [0.25, 0.3) is 5.00 Å². The van der Waals surface area contributed by atoms with Gasteiger partial charge in [0, 0.05) is 26.7 Å². The number of anilines is 3. The van der Waals surface area contributed by atoms with Crippen LogP contribution in [-0.4, -0.2) is 80.6 Å². The normalized spacial score (nSPS) is 15.6. The number of aliphatic hydroxyl groups excluding tert-OH is 1. The second-order valence-corrected chi connectivity index (χ2v) is 11.9. The first kappa shape index (κ1) is 29.2. The van der Waals surface area contributed by atoms with Crippen LogP contribution in [0.3, 0.4) is 0 Å². The Hall–Kier alpha value is -4.28. The number of imidazole rings is 1. The van der Waals surface area contributed by atoms with Crippen molar-refractivity contribution in [2.75, 3.05) is 43.1 Å². The molecule has 220 valence electrons. The second kappa shape index (κ2) is 11.5. The van der Waals surface area contributed by atoms with Gasteiger partial charge in [-0.2, -0.15) is 4.52 Å². The maximum atomic E-state index is 13.5. The maximum absolute atomic E-state index is 13.5. The van der Waals surface area contributed by atoms with Crippen molar-refractivity contribution in [2.45, 2.75) is 45.8 Å². The molecule has 0 aliphatic carbocycles. The second-order valence-electron chi connectivity index (χ2n) is 11.0. The van der Waals surface area contributed by atoms with Gasteiger partial charge in [0.1, 0.15) is 17.2 Å². The fraction of sp³-hybridized carbons (Fsp3) is 0.414. The van der Waals surface area contributed by atoms with E-state index in [4.69, 9.17) is 26.4 Å². The molecular weight excluding hydrogens is 559 g/mol. The number of aliphatic hydroxyl groups is 1. The van der Waals surface area contributed by atoms with Crippen molar-refractivity contribution < 1.29 is 19.0 Å². The van der Waals surface area contributed by atoms with Crippen LogP contribution in [0.5, 0.6) is 0 Å². The zero-order valence-electron chi connectivity index (χ0n) is 24.2. The summed E-state index contributed by atoms with van der Waals surface area (Å²) in [6, 6.07) is 9.26. The predicted molar refractivity (Wildman–Crippen MR) is 160 cm³/mol. The predicted octanol–water partition coefficient (Wildman–Crippen LogP) is 5.29. The molecular formula is C29H33FN8O3S. The fourth-order valence-corrected chi connectivity index (χ4v) is 5.73. The number of rotatable bonds is 6. The summed E-state index contributed by atoms with van der Waals surface area (Å²) in [6.07, 6.45) is 0.198. The number of ether oxygens (including phenoxy) is 1. The Morgan fingerprint density at radius 1 is 1.21 bits per heavy atom. The van der Waals surface area contributed by atoms with E-state index in [0.717, 1.165) is 11.5 Å². The SMILES string of the molecule is [C-]#[N+]c1sc(N(C)c2c(CC)nc3ccc(N4CCN(C(=O)OC(C)(C)C)[C@H](CO)C4)nn23)nc1-c1ccc(F)cc1. The smallest absolute Gasteiger partial charge is 0.410 e. The summed E-state index contributed by atoms with van der Waals surface area (Å²) in [6.45, 7) is 16.2. The van der Waals surface area contributed by atoms with Crippen LogP contribution in [0, 0.1) is 12.4 Å². The monoisotopic (exact) mass is 592 g/mol. The Labute approximate surface area is 247 Å². The van der Waals surface area contributed by atoms with E-state index in [9.17, 15) is 14.3 Å². The van der Waals surface area contributed by atoms with Crippen LogP contribution >= 0.6 is 11.3 Å². The van der Waals surface area contributed by atoms with Gasteiger partial charge in [0.05, 0.1) is 30.6 Å². The van der Waals surface area contributed by atoms with Gasteiger partial charge in [-0.05, 0) is 57.0 Å². The Morgan fingerprint density at radius 2 is 1.95 bits per heavy atom. The van der Waals surface area contributed by atoms with Crippen molar-refractivity contribution >= 4 is 44.8 Å². The summed E-state index contributed by atoms with van der Waals surface area (Å²) in [5.41, 5.74) is 2.00. The van der Waals surface area contributed by atoms with Gasteiger partial charge in [-0.3, -0.25) is 4.90 Å². The van der Waals surface area contributed by atoms with Crippen LogP contribution < -0.4 is 9.80 Å². The number of benzene rings is 1. The molecule has 4 heterocycles. The van der Waals surface area contributed by atoms with Crippen LogP contribution in [0.4, 0.5) is 31.0 Å². The number of amides is 1. The van der Waals surface area contributed by atoms with Crippen LogP contribution in [0.2, 0.25) is 0 Å². The Morgan fingerprint density at radius 3 is 2.60 bits per heavy atom. The van der Waals surface area contributed by atoms with Crippen molar-refractivity contribution in [2.24, 2.45) is 0 Å². The molecule has 1 aliphatic rings. The molecule has 42 heavy (non-hydrogen) atoms. The van der Waals surface area contributed by atoms with E-state index in [-0.39, 0.29) is 12.4 Å². The number of nitrogens with zero attached hydrogens (tertiary/aromatic N) is 8. The molecule has 1 saturated heterocycles. The quantitative estimate of drug-likeness (QED) is 0.301. The number of carbonyl (C=O) groups excluding carboxylic acids is 1. The zero-order valence-corrected chi connectivity index (χ0v) is 25.0. The van der Waals surface area contributed by atoms with E-state index < -0.39 is 17.7 Å². The van der Waals surface area contributed by atoms with Gasteiger partial charge in [0.2, 0.25) is 0 Å². The fourth-order valence-electron chi connectivity index (χ4n) is 4.89. The lowest BCUT2D eigenvalue weighted by Gasteiger charge is -2.41. The summed E-state index contributed by atoms with van der Waals surface area (Å²) < 4.78 is 20.8. The molecule has 3 aromatic heterocycles. The van der Waals surface area contributed by atoms with E-state index in [2.05, 4.69) is 4.85 Å². The van der Waals surface area contributed by atoms with E-state index in [1.165, 1.54) is 23.5 Å². The van der Waals surface area contributed by atoms with Crippen LogP contribution in [0.25, 0.3) is 21.7 Å². The van der Waals surface area contributed by atoms with Crippen molar-refractivity contribution in [1.29, 1.82) is 0 Å². The number of halogens is 1. The van der Waals surface area contributed by atoms with Gasteiger partial charge < -0.3 is 19.6 Å². The average molecular weight is 593 g/mol. The first-order valence-corrected chi connectivity index (χ1v) is 14.5. The Bertz CT molecular complexity index is 1640. The zero-order chi connectivity index (χ0) is 30.2. The number of piperazine rings is 1. The average Bonchev–Trinajstić information content (AvgIpc) is 3.57. The minimum absolute atomic E-state index is 0.207. The molecule has 4 aromatic rings. The van der Waals surface area contributed by atoms with Crippen molar-refractivity contribution in [1.82, 2.24) is 24.5 Å². The van der Waals surface area contributed by atoms with Gasteiger partial charge in [-0.1, -0.05) is 19.1 Å². The van der Waals surface area contributed by atoms with E-state index in [1.807, 2.05) is 56.7 Å². The number of aryl methyl sites for hydroxylation is 1. The Balaban J connectivity index is 1.46. The molecule has 1 fully saturated rings. The summed E-state index contributed by atoms with van der Waals surface area (Å²) in [5.74, 6) is 1.04. The van der Waals surface area contributed by atoms with Crippen LogP contribution in [0.15, 0.2) is 36.4 Å². The lowest BCUT2D eigenvalue weighted by molar-refractivity contribution is 0.00698. The van der Waals surface area contributed by atoms with Gasteiger partial charge >= 0.3 is 6.09 Å². The number of carbonyl (C=O) groups is 1. The maximum Gasteiger partial charge on any atom is 0.410 e. The van der Waals surface area contributed by atoms with E-state index in [0.29, 0.717) is 58.9 Å². The highest BCUT2D eigenvalue weighted by Gasteiger charge is 2.34. The Kier molecular flexibility index (Phi) is 8.03. The summed E-state index contributed by atoms with van der Waals surface area (Å²) in [7, 11) is 1.86. The third-order valence-corrected chi connectivity index (χ3v) is 7.94. The van der Waals surface area contributed by atoms with Crippen LogP contribution in [-0.2, 0) is 11.2 Å². The third-order valence-electron chi connectivity index (χ3n) is 6.91. The summed E-state index contributed by atoms with van der Waals surface area (Å²) >= 11 is 1.25. The number of thiazole rings is 1. The number of fused-ring (bicyclic) bond motifs is 1. The topological polar surface area (TPSA) is 104 Å². The highest BCUT2D eigenvalue weighted by molar-refractivity contribution is 7.20. The lowest BCUT2D eigenvalue weighted by Crippen LogP contribution is -2.57. The molecule has 0 spiro atoms. The number of hydrogen-bond acceptors (Lipinski definition) is 9. The highest BCUT2D eigenvalue weighted by Crippen LogP contribution is 2.42. The summed E-state index contributed by atoms with van der Waals surface area (Å²) in [5, 5.41) is 16.0. The molecule has 0 unspecified atom stereocenters. The van der Waals surface area contributed by atoms with Gasteiger partial charge in [-0.15, -0.1) is 16.4 Å². The third kappa shape index (κ3) is 5.73. The number of hydrogen-bond donors (Lipinski definition) is 1. The van der Waals surface area contributed by atoms with Crippen molar-refractivity contribution in [3.63, 3.8) is 0 Å². The minimum Gasteiger partial charge on any atom is -0.444 e. The largest absolute Gasteiger partial charge is 0.444 e. The molecule has 1 N–H and O–H groups in total. The van der Waals surface area contributed by atoms with Gasteiger partial charge in [-0.25, -0.2) is 24.0 Å². The molecule has 1 aromatic carbocycles. The minimum atomic E-state index is -0.631. The lowest BCUT2D eigenvalue weighted by atomic mass is 10.1. The number of aromatic nitrogens is 4. The van der Waals surface area contributed by atoms with Crippen molar-refractivity contribution in [3.8, 4) is 11.3 Å². The molecule has 0 radical (unpaired) electrons. The molecule has 1 amide bonds. The molecule has 1 atom stereocenters. The van der Waals surface area contributed by atoms with Gasteiger partial charge in [0.15, 0.2) is 16.6 Å². The van der Waals surface area contributed by atoms with Crippen molar-refractivity contribution in [3.05, 3.63) is 59.3 Å². The molecule has 13 heteroatoms. The van der Waals surface area contributed by atoms with Crippen LogP contribution in [0.1, 0.15) is 33.4 Å². The molecule has 0 saturated carbocycles. The molecule has 0 bridgehead atoms. The molecule has 5 rings (SSSR count). The van der Waals surface area contributed by atoms with E-state index in [1.54, 1.807) is 21.5 Å². The first-order valence-electron chi connectivity index (χ1n) is 13.6.